The van der Waals surface area contributed by atoms with Crippen LogP contribution in [0.1, 0.15) is 52.5 Å². The first-order chi connectivity index (χ1) is 21.6. The van der Waals surface area contributed by atoms with E-state index in [1.807, 2.05) is 59.0 Å². The molecular weight excluding hydrogens is 593 g/mol. The van der Waals surface area contributed by atoms with Crippen LogP contribution in [0.3, 0.4) is 0 Å². The molecule has 5 aromatic rings. The zero-order chi connectivity index (χ0) is 31.5. The fourth-order valence-corrected chi connectivity index (χ4v) is 6.82. The lowest BCUT2D eigenvalue weighted by atomic mass is 9.93. The molecule has 3 atom stereocenters. The van der Waals surface area contributed by atoms with Crippen molar-refractivity contribution in [3.63, 3.8) is 0 Å². The molecule has 0 radical (unpaired) electrons. The molecule has 9 nitrogen and oxygen atoms in total. The molecule has 1 N–H and O–H groups in total. The van der Waals surface area contributed by atoms with E-state index in [9.17, 15) is 18.0 Å². The highest BCUT2D eigenvalue weighted by Gasteiger charge is 2.45. The molecule has 11 heteroatoms. The Labute approximate surface area is 259 Å². The summed E-state index contributed by atoms with van der Waals surface area (Å²) in [5.74, 6) is -2.08. The summed E-state index contributed by atoms with van der Waals surface area (Å²) in [4.78, 5) is 32.7. The Morgan fingerprint density at radius 1 is 0.978 bits per heavy atom. The summed E-state index contributed by atoms with van der Waals surface area (Å²) < 4.78 is 42.0. The summed E-state index contributed by atoms with van der Waals surface area (Å²) >= 11 is 0. The van der Waals surface area contributed by atoms with Crippen molar-refractivity contribution in [2.24, 2.45) is 5.92 Å². The molecule has 0 saturated heterocycles. The third-order valence-corrected chi connectivity index (χ3v) is 9.25. The monoisotopic (exact) mass is 623 g/mol. The Kier molecular flexibility index (Phi) is 7.00. The van der Waals surface area contributed by atoms with Gasteiger partial charge in [0.15, 0.2) is 5.65 Å². The molecule has 0 unspecified atom stereocenters. The number of nitrogens with one attached hydrogen (secondary N) is 1. The molecule has 1 fully saturated rings. The Balaban J connectivity index is 1.23. The van der Waals surface area contributed by atoms with Crippen LogP contribution in [0.15, 0.2) is 84.9 Å². The number of amides is 2. The van der Waals surface area contributed by atoms with Gasteiger partial charge in [0.05, 0.1) is 23.7 Å². The molecule has 2 aromatic heterocycles. The third kappa shape index (κ3) is 5.48. The van der Waals surface area contributed by atoms with Crippen LogP contribution in [0.4, 0.5) is 4.39 Å². The van der Waals surface area contributed by atoms with Crippen LogP contribution in [0.25, 0.3) is 28.2 Å². The summed E-state index contributed by atoms with van der Waals surface area (Å²) in [6.07, 6.45) is 2.13. The van der Waals surface area contributed by atoms with E-state index in [2.05, 4.69) is 12.1 Å². The second-order valence-corrected chi connectivity index (χ2v) is 13.5. The number of sulfonamides is 1. The van der Waals surface area contributed by atoms with E-state index < -0.39 is 27.7 Å². The topological polar surface area (TPSA) is 114 Å². The number of carbonyl (C=O) groups is 2. The van der Waals surface area contributed by atoms with Gasteiger partial charge in [0, 0.05) is 29.7 Å². The van der Waals surface area contributed by atoms with Gasteiger partial charge >= 0.3 is 0 Å². The minimum Gasteiger partial charge on any atom is -0.330 e. The molecule has 7 rings (SSSR count). The Bertz CT molecular complexity index is 2100. The molecule has 1 aliphatic carbocycles. The maximum Gasteiger partial charge on any atom is 0.273 e. The van der Waals surface area contributed by atoms with E-state index in [0.29, 0.717) is 35.6 Å². The maximum atomic E-state index is 15.6. The van der Waals surface area contributed by atoms with E-state index >= 15 is 4.39 Å². The zero-order valence-electron chi connectivity index (χ0n) is 24.6. The Morgan fingerprint density at radius 3 is 2.49 bits per heavy atom. The molecule has 45 heavy (non-hydrogen) atoms. The number of rotatable bonds is 6. The van der Waals surface area contributed by atoms with Gasteiger partial charge in [-0.25, -0.2) is 22.3 Å². The highest BCUT2D eigenvalue weighted by atomic mass is 32.2. The van der Waals surface area contributed by atoms with Gasteiger partial charge in [-0.15, -0.1) is 0 Å². The Hall–Kier alpha value is -4.90. The second-order valence-electron chi connectivity index (χ2n) is 11.7. The van der Waals surface area contributed by atoms with Gasteiger partial charge in [0.25, 0.3) is 5.91 Å². The molecule has 2 amide bonds. The van der Waals surface area contributed by atoms with E-state index in [-0.39, 0.29) is 29.1 Å². The molecule has 1 saturated carbocycles. The lowest BCUT2D eigenvalue weighted by Gasteiger charge is -2.35. The minimum absolute atomic E-state index is 0.114. The first-order valence-corrected chi connectivity index (χ1v) is 16.6. The van der Waals surface area contributed by atoms with Gasteiger partial charge in [-0.3, -0.25) is 14.3 Å². The van der Waals surface area contributed by atoms with Gasteiger partial charge in [-0.2, -0.15) is 5.10 Å². The SMILES string of the molecule is C[C@@H]1c2ccccc2CCN1C(=O)c1cc(-c2ccccc2)n2nc(-c3ccc([C@@H]4C[C@H]4C(=O)NS(C)(=O)=O)cc3F)cc2n1. The lowest BCUT2D eigenvalue weighted by Crippen LogP contribution is -2.39. The number of halogens is 1. The molecular formula is C34H30FN5O4S. The number of hydrogen-bond acceptors (Lipinski definition) is 6. The largest absolute Gasteiger partial charge is 0.330 e. The van der Waals surface area contributed by atoms with Crippen LogP contribution in [0.5, 0.6) is 0 Å². The van der Waals surface area contributed by atoms with E-state index in [1.165, 1.54) is 11.6 Å². The summed E-state index contributed by atoms with van der Waals surface area (Å²) in [6, 6.07) is 25.7. The van der Waals surface area contributed by atoms with Gasteiger partial charge in [0.2, 0.25) is 15.9 Å². The van der Waals surface area contributed by atoms with Crippen molar-refractivity contribution >= 4 is 27.5 Å². The predicted octanol–water partition coefficient (Wildman–Crippen LogP) is 5.14. The highest BCUT2D eigenvalue weighted by Crippen LogP contribution is 2.48. The van der Waals surface area contributed by atoms with Gasteiger partial charge in [-0.1, -0.05) is 60.7 Å². The zero-order valence-corrected chi connectivity index (χ0v) is 25.5. The smallest absolute Gasteiger partial charge is 0.273 e. The predicted molar refractivity (Wildman–Crippen MR) is 167 cm³/mol. The molecule has 0 bridgehead atoms. The number of fused-ring (bicyclic) bond motifs is 2. The molecule has 228 valence electrons. The molecule has 0 spiro atoms. The number of hydrogen-bond donors (Lipinski definition) is 1. The lowest BCUT2D eigenvalue weighted by molar-refractivity contribution is -0.120. The molecule has 1 aliphatic heterocycles. The van der Waals surface area contributed by atoms with E-state index in [0.717, 1.165) is 23.8 Å². The van der Waals surface area contributed by atoms with Crippen molar-refractivity contribution in [3.05, 3.63) is 113 Å². The highest BCUT2D eigenvalue weighted by molar-refractivity contribution is 7.89. The summed E-state index contributed by atoms with van der Waals surface area (Å²) in [6.45, 7) is 2.60. The fraction of sp³-hybridized carbons (Fsp3) is 0.235. The van der Waals surface area contributed by atoms with Gasteiger partial charge in [0.1, 0.15) is 11.5 Å². The number of nitrogens with zero attached hydrogens (tertiary/aromatic N) is 4. The quantitative estimate of drug-likeness (QED) is 0.280. The number of benzene rings is 3. The van der Waals surface area contributed by atoms with Crippen LogP contribution < -0.4 is 4.72 Å². The maximum absolute atomic E-state index is 15.6. The average Bonchev–Trinajstić information content (AvgIpc) is 3.72. The fourth-order valence-electron chi connectivity index (χ4n) is 6.31. The normalized spacial score (nSPS) is 19.3. The van der Waals surface area contributed by atoms with Gasteiger partial charge < -0.3 is 4.90 Å². The first-order valence-electron chi connectivity index (χ1n) is 14.7. The molecule has 3 aromatic carbocycles. The second kappa shape index (κ2) is 10.9. The van der Waals surface area contributed by atoms with Crippen LogP contribution in [-0.4, -0.2) is 52.5 Å². The van der Waals surface area contributed by atoms with Crippen molar-refractivity contribution < 1.29 is 22.4 Å². The van der Waals surface area contributed by atoms with Crippen LogP contribution in [-0.2, 0) is 21.2 Å². The molecule has 2 aliphatic rings. The minimum atomic E-state index is -3.67. The van der Waals surface area contributed by atoms with E-state index in [4.69, 9.17) is 10.1 Å². The first kappa shape index (κ1) is 28.8. The van der Waals surface area contributed by atoms with Crippen molar-refractivity contribution in [3.8, 4) is 22.5 Å². The third-order valence-electron chi connectivity index (χ3n) is 8.68. The van der Waals surface area contributed by atoms with Crippen molar-refractivity contribution in [2.75, 3.05) is 12.8 Å². The average molecular weight is 624 g/mol. The number of carbonyl (C=O) groups excluding carboxylic acids is 2. The molecule has 3 heterocycles. The Morgan fingerprint density at radius 2 is 1.73 bits per heavy atom. The summed E-state index contributed by atoms with van der Waals surface area (Å²) in [7, 11) is -3.67. The van der Waals surface area contributed by atoms with Crippen LogP contribution in [0.2, 0.25) is 0 Å². The number of aromatic nitrogens is 3. The summed E-state index contributed by atoms with van der Waals surface area (Å²) in [5.41, 5.74) is 5.73. The summed E-state index contributed by atoms with van der Waals surface area (Å²) in [5, 5.41) is 4.71. The van der Waals surface area contributed by atoms with Crippen LogP contribution in [0, 0.1) is 11.7 Å². The standard InChI is InChI=1S/C34H30FN5O4S/c1-20-24-11-7-6-8-21(24)14-15-39(20)34(42)30-18-31(22-9-4-3-5-10-22)40-32(36-30)19-29(37-40)25-13-12-23(16-28(25)35)26-17-27(26)33(41)38-45(2,43)44/h3-13,16,18-20,26-27H,14-15,17H2,1-2H3,(H,38,41)/t20-,26+,27-/m1/s1. The van der Waals surface area contributed by atoms with Gasteiger partial charge in [-0.05, 0) is 60.6 Å². The van der Waals surface area contributed by atoms with Crippen molar-refractivity contribution in [1.82, 2.24) is 24.2 Å². The van der Waals surface area contributed by atoms with Crippen molar-refractivity contribution in [2.45, 2.75) is 31.7 Å². The van der Waals surface area contributed by atoms with Crippen LogP contribution >= 0.6 is 0 Å². The van der Waals surface area contributed by atoms with Crippen molar-refractivity contribution in [1.29, 1.82) is 0 Å². The van der Waals surface area contributed by atoms with E-state index in [1.54, 1.807) is 28.8 Å².